The molecule has 0 aromatic heterocycles. The molecule has 0 saturated carbocycles. The Balaban J connectivity index is 3.90. The lowest BCUT2D eigenvalue weighted by molar-refractivity contribution is -0.137. The maximum atomic E-state index is 12.0. The van der Waals surface area contributed by atoms with Crippen LogP contribution < -0.4 is 0 Å². The van der Waals surface area contributed by atoms with Crippen LogP contribution in [0.15, 0.2) is 12.2 Å². The highest BCUT2D eigenvalue weighted by atomic mass is 31.2. The zero-order chi connectivity index (χ0) is 13.1. The van der Waals surface area contributed by atoms with Gasteiger partial charge >= 0.3 is 13.6 Å². The van der Waals surface area contributed by atoms with Gasteiger partial charge in [-0.05, 0) is 27.2 Å². The van der Waals surface area contributed by atoms with Crippen molar-refractivity contribution in [3.8, 4) is 0 Å². The number of ether oxygens (including phenoxy) is 1. The largest absolute Gasteiger partial charge is 0.463 e. The van der Waals surface area contributed by atoms with Crippen LogP contribution in [0.5, 0.6) is 0 Å². The first-order chi connectivity index (χ1) is 8.08. The molecular formula is C11H21O5P. The fourth-order valence-corrected chi connectivity index (χ4v) is 2.81. The average molecular weight is 264 g/mol. The van der Waals surface area contributed by atoms with Crippen molar-refractivity contribution in [2.75, 3.05) is 26.0 Å². The Kier molecular flexibility index (Phi) is 9.04. The first-order valence-corrected chi connectivity index (χ1v) is 7.48. The summed E-state index contributed by atoms with van der Waals surface area (Å²) in [5, 5.41) is 0. The highest BCUT2D eigenvalue weighted by Crippen LogP contribution is 2.48. The molecule has 0 radical (unpaired) electrons. The second-order valence-corrected chi connectivity index (χ2v) is 5.38. The number of carbonyl (C=O) groups is 1. The summed E-state index contributed by atoms with van der Waals surface area (Å²) in [6, 6.07) is 0. The molecule has 0 saturated heterocycles. The van der Waals surface area contributed by atoms with Crippen LogP contribution >= 0.6 is 7.60 Å². The van der Waals surface area contributed by atoms with E-state index in [1.807, 2.05) is 0 Å². The minimum atomic E-state index is -3.00. The Morgan fingerprint density at radius 1 is 1.24 bits per heavy atom. The highest BCUT2D eigenvalue weighted by molar-refractivity contribution is 7.53. The van der Waals surface area contributed by atoms with Crippen LogP contribution in [0.25, 0.3) is 0 Å². The molecule has 0 spiro atoms. The van der Waals surface area contributed by atoms with E-state index in [1.54, 1.807) is 26.8 Å². The molecule has 0 aromatic rings. The van der Waals surface area contributed by atoms with Crippen molar-refractivity contribution < 1.29 is 23.1 Å². The smallest absolute Gasteiger partial charge is 0.330 e. The van der Waals surface area contributed by atoms with Gasteiger partial charge in [0.15, 0.2) is 0 Å². The van der Waals surface area contributed by atoms with E-state index in [0.717, 1.165) is 0 Å². The van der Waals surface area contributed by atoms with E-state index >= 15 is 0 Å². The summed E-state index contributed by atoms with van der Waals surface area (Å²) >= 11 is 0. The third kappa shape index (κ3) is 8.13. The number of rotatable bonds is 9. The molecule has 5 nitrogen and oxygen atoms in total. The zero-order valence-electron chi connectivity index (χ0n) is 10.7. The number of hydrogen-bond acceptors (Lipinski definition) is 5. The third-order valence-electron chi connectivity index (χ3n) is 1.77. The quantitative estimate of drug-likeness (QED) is 0.277. The predicted octanol–water partition coefficient (Wildman–Crippen LogP) is 2.76. The molecule has 17 heavy (non-hydrogen) atoms. The Bertz CT molecular complexity index is 278. The minimum absolute atomic E-state index is 0.216. The summed E-state index contributed by atoms with van der Waals surface area (Å²) in [7, 11) is -3.00. The van der Waals surface area contributed by atoms with Gasteiger partial charge in [0, 0.05) is 6.08 Å². The number of esters is 1. The van der Waals surface area contributed by atoms with Crippen LogP contribution in [0.2, 0.25) is 0 Å². The summed E-state index contributed by atoms with van der Waals surface area (Å²) in [6.07, 6.45) is 3.66. The number of carbonyl (C=O) groups excluding carboxylic acids is 1. The van der Waals surface area contributed by atoms with E-state index < -0.39 is 13.6 Å². The van der Waals surface area contributed by atoms with Gasteiger partial charge < -0.3 is 13.8 Å². The van der Waals surface area contributed by atoms with Gasteiger partial charge in [0.25, 0.3) is 0 Å². The van der Waals surface area contributed by atoms with E-state index in [2.05, 4.69) is 0 Å². The molecule has 0 aliphatic heterocycles. The summed E-state index contributed by atoms with van der Waals surface area (Å²) < 4.78 is 27.1. The van der Waals surface area contributed by atoms with Crippen molar-refractivity contribution >= 4 is 13.6 Å². The Hall–Kier alpha value is -0.640. The maximum Gasteiger partial charge on any atom is 0.330 e. The summed E-state index contributed by atoms with van der Waals surface area (Å²) in [5.74, 6) is -0.393. The standard InChI is InChI=1S/C11H21O5P/c1-4-8-11(12)14-9-7-10-17(13,15-5-2)16-6-3/h4,8H,5-7,9-10H2,1-3H3. The topological polar surface area (TPSA) is 61.8 Å². The first kappa shape index (κ1) is 16.4. The van der Waals surface area contributed by atoms with Gasteiger partial charge in [0.05, 0.1) is 26.0 Å². The fourth-order valence-electron chi connectivity index (χ4n) is 1.17. The van der Waals surface area contributed by atoms with Gasteiger partial charge in [-0.25, -0.2) is 4.79 Å². The van der Waals surface area contributed by atoms with E-state index in [4.69, 9.17) is 13.8 Å². The Morgan fingerprint density at radius 2 is 1.82 bits per heavy atom. The minimum Gasteiger partial charge on any atom is -0.463 e. The molecule has 0 unspecified atom stereocenters. The van der Waals surface area contributed by atoms with Crippen molar-refractivity contribution in [2.24, 2.45) is 0 Å². The Labute approximate surface area is 103 Å². The van der Waals surface area contributed by atoms with Crippen molar-refractivity contribution in [3.63, 3.8) is 0 Å². The lowest BCUT2D eigenvalue weighted by atomic mass is 10.5. The van der Waals surface area contributed by atoms with Gasteiger partial charge in [0.1, 0.15) is 0 Å². The van der Waals surface area contributed by atoms with Crippen LogP contribution in [0.3, 0.4) is 0 Å². The molecule has 0 amide bonds. The molecule has 100 valence electrons. The highest BCUT2D eigenvalue weighted by Gasteiger charge is 2.22. The SMILES string of the molecule is CC=CC(=O)OCCCP(=O)(OCC)OCC. The molecule has 0 heterocycles. The normalized spacial score (nSPS) is 11.9. The van der Waals surface area contributed by atoms with Crippen LogP contribution in [-0.2, 0) is 23.1 Å². The first-order valence-electron chi connectivity index (χ1n) is 5.75. The van der Waals surface area contributed by atoms with Gasteiger partial charge in [0.2, 0.25) is 0 Å². The van der Waals surface area contributed by atoms with Gasteiger partial charge in [-0.1, -0.05) is 6.08 Å². The predicted molar refractivity (Wildman–Crippen MR) is 66.1 cm³/mol. The second-order valence-electron chi connectivity index (χ2n) is 3.19. The summed E-state index contributed by atoms with van der Waals surface area (Å²) in [5.41, 5.74) is 0. The Morgan fingerprint density at radius 3 is 2.29 bits per heavy atom. The molecule has 0 aliphatic rings. The van der Waals surface area contributed by atoms with Crippen molar-refractivity contribution in [1.82, 2.24) is 0 Å². The van der Waals surface area contributed by atoms with Gasteiger partial charge in [-0.15, -0.1) is 0 Å². The van der Waals surface area contributed by atoms with Crippen molar-refractivity contribution in [1.29, 1.82) is 0 Å². The molecule has 6 heteroatoms. The molecule has 0 bridgehead atoms. The molecule has 0 aromatic carbocycles. The third-order valence-corrected chi connectivity index (χ3v) is 3.94. The van der Waals surface area contributed by atoms with Crippen LogP contribution in [-0.4, -0.2) is 32.0 Å². The summed E-state index contributed by atoms with van der Waals surface area (Å²) in [6.45, 7) is 6.16. The monoisotopic (exact) mass is 264 g/mol. The lowest BCUT2D eigenvalue weighted by Crippen LogP contribution is -2.06. The molecule has 0 rings (SSSR count). The number of allylic oxidation sites excluding steroid dienone is 1. The van der Waals surface area contributed by atoms with Crippen LogP contribution in [0.4, 0.5) is 0 Å². The average Bonchev–Trinajstić information content (AvgIpc) is 2.26. The van der Waals surface area contributed by atoms with Crippen LogP contribution in [0.1, 0.15) is 27.2 Å². The molecule has 0 aliphatic carbocycles. The maximum absolute atomic E-state index is 12.0. The molecule has 0 atom stereocenters. The lowest BCUT2D eigenvalue weighted by Gasteiger charge is -2.16. The van der Waals surface area contributed by atoms with E-state index in [1.165, 1.54) is 6.08 Å². The van der Waals surface area contributed by atoms with Crippen LogP contribution in [0, 0.1) is 0 Å². The molecular weight excluding hydrogens is 243 g/mol. The van der Waals surface area contributed by atoms with Gasteiger partial charge in [-0.2, -0.15) is 0 Å². The number of hydrogen-bond donors (Lipinski definition) is 0. The molecule has 0 N–H and O–H groups in total. The molecule has 0 fully saturated rings. The zero-order valence-corrected chi connectivity index (χ0v) is 11.6. The van der Waals surface area contributed by atoms with Crippen molar-refractivity contribution in [2.45, 2.75) is 27.2 Å². The summed E-state index contributed by atoms with van der Waals surface area (Å²) in [4.78, 5) is 11.0. The van der Waals surface area contributed by atoms with E-state index in [-0.39, 0.29) is 12.8 Å². The fraction of sp³-hybridized carbons (Fsp3) is 0.727. The van der Waals surface area contributed by atoms with E-state index in [9.17, 15) is 9.36 Å². The van der Waals surface area contributed by atoms with Crippen molar-refractivity contribution in [3.05, 3.63) is 12.2 Å². The second kappa shape index (κ2) is 9.40. The van der Waals surface area contributed by atoms with E-state index in [0.29, 0.717) is 19.6 Å². The van der Waals surface area contributed by atoms with Gasteiger partial charge in [-0.3, -0.25) is 4.57 Å².